The maximum absolute atomic E-state index is 9.09. The summed E-state index contributed by atoms with van der Waals surface area (Å²) >= 11 is 0. The predicted octanol–water partition coefficient (Wildman–Crippen LogP) is 4.18. The van der Waals surface area contributed by atoms with Gasteiger partial charge in [-0.3, -0.25) is 9.88 Å². The van der Waals surface area contributed by atoms with E-state index in [4.69, 9.17) is 14.7 Å². The SMILES string of the molecule is N#Cc1cccc(CN2CCC3(CC2)CC(CCOc2ccncc2)CCO3)c1. The lowest BCUT2D eigenvalue weighted by Gasteiger charge is -2.46. The molecule has 5 heteroatoms. The molecule has 1 atom stereocenters. The number of likely N-dealkylation sites (tertiary alicyclic amines) is 1. The Labute approximate surface area is 173 Å². The first-order valence-electron chi connectivity index (χ1n) is 10.6. The number of hydrogen-bond donors (Lipinski definition) is 0. The van der Waals surface area contributed by atoms with Gasteiger partial charge in [0.05, 0.1) is 23.8 Å². The van der Waals surface area contributed by atoms with Crippen molar-refractivity contribution in [2.75, 3.05) is 26.3 Å². The van der Waals surface area contributed by atoms with Gasteiger partial charge in [-0.05, 0) is 67.9 Å². The minimum Gasteiger partial charge on any atom is -0.493 e. The third-order valence-corrected chi connectivity index (χ3v) is 6.27. The molecule has 1 aromatic carbocycles. The summed E-state index contributed by atoms with van der Waals surface area (Å²) < 4.78 is 12.2. The van der Waals surface area contributed by atoms with Crippen LogP contribution in [0.2, 0.25) is 0 Å². The molecule has 0 amide bonds. The smallest absolute Gasteiger partial charge is 0.122 e. The van der Waals surface area contributed by atoms with Crippen molar-refractivity contribution in [1.82, 2.24) is 9.88 Å². The van der Waals surface area contributed by atoms with Crippen molar-refractivity contribution in [3.8, 4) is 11.8 Å². The number of ether oxygens (including phenoxy) is 2. The zero-order valence-corrected chi connectivity index (χ0v) is 16.9. The maximum atomic E-state index is 9.09. The molecule has 2 aliphatic heterocycles. The third kappa shape index (κ3) is 5.35. The van der Waals surface area contributed by atoms with Crippen LogP contribution in [0.1, 0.15) is 43.2 Å². The van der Waals surface area contributed by atoms with Crippen molar-refractivity contribution in [1.29, 1.82) is 5.26 Å². The number of hydrogen-bond acceptors (Lipinski definition) is 5. The molecule has 0 aliphatic carbocycles. The van der Waals surface area contributed by atoms with Gasteiger partial charge in [0.25, 0.3) is 0 Å². The molecule has 1 unspecified atom stereocenters. The van der Waals surface area contributed by atoms with Crippen LogP contribution >= 0.6 is 0 Å². The van der Waals surface area contributed by atoms with Gasteiger partial charge in [0.15, 0.2) is 0 Å². The molecule has 1 spiro atoms. The van der Waals surface area contributed by atoms with Crippen LogP contribution in [0.5, 0.6) is 5.75 Å². The van der Waals surface area contributed by atoms with Crippen LogP contribution < -0.4 is 4.74 Å². The summed E-state index contributed by atoms with van der Waals surface area (Å²) in [5.41, 5.74) is 2.00. The molecule has 0 N–H and O–H groups in total. The van der Waals surface area contributed by atoms with E-state index in [1.807, 2.05) is 30.3 Å². The molecular formula is C24H29N3O2. The van der Waals surface area contributed by atoms with Gasteiger partial charge >= 0.3 is 0 Å². The number of pyridine rings is 1. The Morgan fingerprint density at radius 1 is 1.21 bits per heavy atom. The highest BCUT2D eigenvalue weighted by atomic mass is 16.5. The molecule has 29 heavy (non-hydrogen) atoms. The number of aromatic nitrogens is 1. The summed E-state index contributed by atoms with van der Waals surface area (Å²) in [6.45, 7) is 4.64. The Morgan fingerprint density at radius 2 is 2.03 bits per heavy atom. The van der Waals surface area contributed by atoms with Crippen LogP contribution in [-0.2, 0) is 11.3 Å². The largest absolute Gasteiger partial charge is 0.493 e. The topological polar surface area (TPSA) is 58.4 Å². The molecule has 0 saturated carbocycles. The van der Waals surface area contributed by atoms with Gasteiger partial charge in [-0.2, -0.15) is 5.26 Å². The molecule has 1 aromatic heterocycles. The lowest BCUT2D eigenvalue weighted by Crippen LogP contribution is -2.49. The monoisotopic (exact) mass is 391 g/mol. The zero-order chi connectivity index (χ0) is 19.9. The fraction of sp³-hybridized carbons (Fsp3) is 0.500. The van der Waals surface area contributed by atoms with Crippen LogP contribution in [0.25, 0.3) is 0 Å². The van der Waals surface area contributed by atoms with Crippen LogP contribution in [0, 0.1) is 17.2 Å². The van der Waals surface area contributed by atoms with Gasteiger partial charge in [0, 0.05) is 38.6 Å². The molecule has 152 valence electrons. The second-order valence-corrected chi connectivity index (χ2v) is 8.30. The molecule has 2 saturated heterocycles. The molecule has 3 heterocycles. The lowest BCUT2D eigenvalue weighted by molar-refractivity contribution is -0.129. The van der Waals surface area contributed by atoms with Crippen LogP contribution in [0.3, 0.4) is 0 Å². The van der Waals surface area contributed by atoms with Crippen molar-refractivity contribution in [3.05, 3.63) is 59.9 Å². The highest BCUT2D eigenvalue weighted by Gasteiger charge is 2.40. The van der Waals surface area contributed by atoms with Gasteiger partial charge < -0.3 is 9.47 Å². The van der Waals surface area contributed by atoms with Gasteiger partial charge in [-0.1, -0.05) is 12.1 Å². The van der Waals surface area contributed by atoms with Crippen molar-refractivity contribution in [3.63, 3.8) is 0 Å². The maximum Gasteiger partial charge on any atom is 0.122 e. The summed E-state index contributed by atoms with van der Waals surface area (Å²) in [6.07, 6.45) is 9.07. The minimum atomic E-state index is 0.0462. The first-order valence-corrected chi connectivity index (χ1v) is 10.6. The first kappa shape index (κ1) is 19.9. The van der Waals surface area contributed by atoms with Gasteiger partial charge in [0.2, 0.25) is 0 Å². The van der Waals surface area contributed by atoms with Gasteiger partial charge in [-0.15, -0.1) is 0 Å². The number of nitriles is 1. The summed E-state index contributed by atoms with van der Waals surface area (Å²) in [6, 6.07) is 14.0. The van der Waals surface area contributed by atoms with Crippen LogP contribution in [-0.4, -0.2) is 41.8 Å². The van der Waals surface area contributed by atoms with Gasteiger partial charge in [0.1, 0.15) is 5.75 Å². The number of nitrogens with zero attached hydrogens (tertiary/aromatic N) is 3. The Kier molecular flexibility index (Phi) is 6.43. The summed E-state index contributed by atoms with van der Waals surface area (Å²) in [7, 11) is 0. The molecule has 0 radical (unpaired) electrons. The lowest BCUT2D eigenvalue weighted by atomic mass is 9.78. The molecule has 2 fully saturated rings. The zero-order valence-electron chi connectivity index (χ0n) is 16.9. The average molecular weight is 392 g/mol. The number of rotatable bonds is 6. The summed E-state index contributed by atoms with van der Waals surface area (Å²) in [4.78, 5) is 6.51. The van der Waals surface area contributed by atoms with E-state index < -0.39 is 0 Å². The highest BCUT2D eigenvalue weighted by molar-refractivity contribution is 5.32. The first-order chi connectivity index (χ1) is 14.2. The third-order valence-electron chi connectivity index (χ3n) is 6.27. The van der Waals surface area contributed by atoms with E-state index in [2.05, 4.69) is 22.0 Å². The fourth-order valence-corrected chi connectivity index (χ4v) is 4.62. The van der Waals surface area contributed by atoms with Crippen molar-refractivity contribution in [2.24, 2.45) is 5.92 Å². The van der Waals surface area contributed by atoms with Crippen molar-refractivity contribution in [2.45, 2.75) is 44.2 Å². The Morgan fingerprint density at radius 3 is 2.83 bits per heavy atom. The van der Waals surface area contributed by atoms with Gasteiger partial charge in [-0.25, -0.2) is 0 Å². The second kappa shape index (κ2) is 9.39. The fourth-order valence-electron chi connectivity index (χ4n) is 4.62. The van der Waals surface area contributed by atoms with Crippen LogP contribution in [0.15, 0.2) is 48.8 Å². The van der Waals surface area contributed by atoms with Crippen molar-refractivity contribution < 1.29 is 9.47 Å². The Balaban J connectivity index is 1.24. The second-order valence-electron chi connectivity index (χ2n) is 8.30. The number of benzene rings is 1. The molecular weight excluding hydrogens is 362 g/mol. The van der Waals surface area contributed by atoms with Crippen LogP contribution in [0.4, 0.5) is 0 Å². The predicted molar refractivity (Wildman–Crippen MR) is 111 cm³/mol. The molecule has 2 aromatic rings. The Hall–Kier alpha value is -2.42. The minimum absolute atomic E-state index is 0.0462. The average Bonchev–Trinajstić information content (AvgIpc) is 2.77. The quantitative estimate of drug-likeness (QED) is 0.739. The summed E-state index contributed by atoms with van der Waals surface area (Å²) in [5.74, 6) is 1.57. The molecule has 0 bridgehead atoms. The van der Waals surface area contributed by atoms with E-state index in [-0.39, 0.29) is 5.60 Å². The highest BCUT2D eigenvalue weighted by Crippen LogP contribution is 2.39. The van der Waals surface area contributed by atoms with E-state index in [9.17, 15) is 0 Å². The van der Waals surface area contributed by atoms with E-state index in [1.54, 1.807) is 12.4 Å². The van der Waals surface area contributed by atoms with E-state index in [0.29, 0.717) is 5.92 Å². The normalized spacial score (nSPS) is 21.6. The summed E-state index contributed by atoms with van der Waals surface area (Å²) in [5, 5.41) is 9.09. The standard InChI is InChI=1S/C24H29N3O2/c25-18-21-2-1-3-22(16-21)19-27-12-8-24(9-13-27)17-20(7-15-29-24)6-14-28-23-4-10-26-11-5-23/h1-5,10-11,16,20H,6-9,12-15,17,19H2. The van der Waals surface area contributed by atoms with E-state index in [0.717, 1.165) is 76.3 Å². The molecule has 4 rings (SSSR count). The number of piperidine rings is 1. The van der Waals surface area contributed by atoms with Crippen molar-refractivity contribution >= 4 is 0 Å². The molecule has 5 nitrogen and oxygen atoms in total. The van der Waals surface area contributed by atoms with E-state index in [1.165, 1.54) is 5.56 Å². The van der Waals surface area contributed by atoms with E-state index >= 15 is 0 Å². The molecule has 2 aliphatic rings. The Bertz CT molecular complexity index is 826.